The molecule has 0 aliphatic carbocycles. The second-order valence-corrected chi connectivity index (χ2v) is 6.37. The van der Waals surface area contributed by atoms with E-state index in [-0.39, 0.29) is 13.2 Å². The third-order valence-corrected chi connectivity index (χ3v) is 4.02. The van der Waals surface area contributed by atoms with Gasteiger partial charge < -0.3 is 30.3 Å². The highest BCUT2D eigenvalue weighted by molar-refractivity contribution is 5.59. The van der Waals surface area contributed by atoms with Gasteiger partial charge in [-0.25, -0.2) is 0 Å². The van der Waals surface area contributed by atoms with Crippen LogP contribution in [0.2, 0.25) is 0 Å². The topological polar surface area (TPSA) is 88.2 Å². The Hall–Kier alpha value is -1.34. The van der Waals surface area contributed by atoms with Crippen LogP contribution < -0.4 is 10.6 Å². The molecule has 0 bridgehead atoms. The van der Waals surface area contributed by atoms with Crippen molar-refractivity contribution in [3.8, 4) is 0 Å². The molecule has 1 aromatic rings. The molecular formula is C19H34N2O4. The van der Waals surface area contributed by atoms with Gasteiger partial charge in [0.1, 0.15) is 0 Å². The number of ether oxygens (including phenoxy) is 2. The maximum Gasteiger partial charge on any atom is 0.178 e. The molecule has 25 heavy (non-hydrogen) atoms. The van der Waals surface area contributed by atoms with Crippen molar-refractivity contribution in [2.75, 3.05) is 50.2 Å². The van der Waals surface area contributed by atoms with Crippen molar-refractivity contribution in [1.29, 1.82) is 0 Å². The van der Waals surface area contributed by atoms with Gasteiger partial charge in [-0.3, -0.25) is 0 Å². The van der Waals surface area contributed by atoms with E-state index in [1.807, 2.05) is 19.1 Å². The lowest BCUT2D eigenvalue weighted by Crippen LogP contribution is -2.30. The van der Waals surface area contributed by atoms with E-state index in [4.69, 9.17) is 20.3 Å². The molecule has 1 aromatic carbocycles. The van der Waals surface area contributed by atoms with E-state index in [0.717, 1.165) is 36.3 Å². The highest BCUT2D eigenvalue weighted by atomic mass is 16.6. The maximum absolute atomic E-state index is 9.53. The third-order valence-electron chi connectivity index (χ3n) is 4.02. The molecule has 0 saturated carbocycles. The van der Waals surface area contributed by atoms with Gasteiger partial charge in [0, 0.05) is 37.7 Å². The molecule has 0 radical (unpaired) electrons. The predicted molar refractivity (Wildman–Crippen MR) is 102 cm³/mol. The average Bonchev–Trinajstić information content (AvgIpc) is 2.57. The van der Waals surface area contributed by atoms with Crippen LogP contribution in [0.15, 0.2) is 18.2 Å². The first kappa shape index (κ1) is 21.7. The number of rotatable bonds is 13. The first-order chi connectivity index (χ1) is 12.0. The van der Waals surface area contributed by atoms with Gasteiger partial charge in [0.2, 0.25) is 0 Å². The van der Waals surface area contributed by atoms with Crippen molar-refractivity contribution in [2.45, 2.75) is 45.8 Å². The lowest BCUT2D eigenvalue weighted by atomic mass is 10.0. The molecule has 0 spiro atoms. The average molecular weight is 354 g/mol. The Balaban J connectivity index is 2.67. The molecule has 0 aliphatic heterocycles. The largest absolute Gasteiger partial charge is 0.398 e. The van der Waals surface area contributed by atoms with E-state index < -0.39 is 6.29 Å². The van der Waals surface area contributed by atoms with E-state index >= 15 is 0 Å². The lowest BCUT2D eigenvalue weighted by Gasteiger charge is -2.26. The number of anilines is 2. The molecule has 0 fully saturated rings. The molecule has 0 aliphatic rings. The maximum atomic E-state index is 9.53. The molecule has 1 rings (SSSR count). The zero-order chi connectivity index (χ0) is 18.7. The Morgan fingerprint density at radius 3 is 2.60 bits per heavy atom. The van der Waals surface area contributed by atoms with Crippen molar-refractivity contribution in [3.63, 3.8) is 0 Å². The zero-order valence-electron chi connectivity index (χ0n) is 15.8. The van der Waals surface area contributed by atoms with Crippen LogP contribution in [-0.4, -0.2) is 56.0 Å². The summed E-state index contributed by atoms with van der Waals surface area (Å²) in [6.45, 7) is 8.94. The van der Waals surface area contributed by atoms with Crippen molar-refractivity contribution < 1.29 is 19.7 Å². The number of hydrogen-bond acceptors (Lipinski definition) is 6. The lowest BCUT2D eigenvalue weighted by molar-refractivity contribution is -0.133. The number of nitrogen functional groups attached to an aromatic ring is 1. The van der Waals surface area contributed by atoms with Crippen molar-refractivity contribution in [3.05, 3.63) is 23.8 Å². The number of nitrogens with zero attached hydrogens (tertiary/aromatic N) is 1. The van der Waals surface area contributed by atoms with Crippen LogP contribution in [0.3, 0.4) is 0 Å². The molecule has 6 nitrogen and oxygen atoms in total. The predicted octanol–water partition coefficient (Wildman–Crippen LogP) is 2.34. The number of aliphatic hydroxyl groups is 2. The van der Waals surface area contributed by atoms with Gasteiger partial charge >= 0.3 is 0 Å². The van der Waals surface area contributed by atoms with Crippen LogP contribution in [0, 0.1) is 0 Å². The van der Waals surface area contributed by atoms with Crippen LogP contribution in [0.25, 0.3) is 0 Å². The summed E-state index contributed by atoms with van der Waals surface area (Å²) in [4.78, 5) is 2.23. The number of aliphatic hydroxyl groups excluding tert-OH is 2. The minimum Gasteiger partial charge on any atom is -0.398 e. The Labute approximate surface area is 151 Å². The van der Waals surface area contributed by atoms with E-state index in [2.05, 4.69) is 24.8 Å². The van der Waals surface area contributed by atoms with E-state index in [1.165, 1.54) is 0 Å². The van der Waals surface area contributed by atoms with Crippen LogP contribution in [0.1, 0.15) is 45.1 Å². The van der Waals surface area contributed by atoms with Gasteiger partial charge in [-0.2, -0.15) is 0 Å². The fourth-order valence-corrected chi connectivity index (χ4v) is 2.64. The molecule has 0 heterocycles. The van der Waals surface area contributed by atoms with Crippen LogP contribution >= 0.6 is 0 Å². The summed E-state index contributed by atoms with van der Waals surface area (Å²) in [6, 6.07) is 6.10. The Morgan fingerprint density at radius 1 is 1.20 bits per heavy atom. The van der Waals surface area contributed by atoms with Gasteiger partial charge in [-0.05, 0) is 49.4 Å². The third kappa shape index (κ3) is 8.05. The Kier molecular flexibility index (Phi) is 10.5. The molecule has 1 unspecified atom stereocenters. The van der Waals surface area contributed by atoms with Crippen molar-refractivity contribution in [2.24, 2.45) is 0 Å². The second-order valence-electron chi connectivity index (χ2n) is 6.37. The molecule has 0 saturated heterocycles. The molecule has 0 aromatic heterocycles. The summed E-state index contributed by atoms with van der Waals surface area (Å²) in [5.41, 5.74) is 9.13. The Bertz CT molecular complexity index is 482. The quantitative estimate of drug-likeness (QED) is 0.286. The van der Waals surface area contributed by atoms with Gasteiger partial charge in [0.15, 0.2) is 6.29 Å². The summed E-state index contributed by atoms with van der Waals surface area (Å²) in [5, 5.41) is 18.6. The first-order valence-corrected chi connectivity index (χ1v) is 9.12. The number of benzene rings is 1. The van der Waals surface area contributed by atoms with Gasteiger partial charge in [0.05, 0.1) is 13.2 Å². The van der Waals surface area contributed by atoms with Gasteiger partial charge in [-0.15, -0.1) is 0 Å². The summed E-state index contributed by atoms with van der Waals surface area (Å²) < 4.78 is 10.6. The second kappa shape index (κ2) is 12.1. The minimum absolute atomic E-state index is 0.164. The summed E-state index contributed by atoms with van der Waals surface area (Å²) >= 11 is 0. The fraction of sp³-hybridized carbons (Fsp3) is 0.684. The standard InChI is InChI=1S/C19H34N2O4/c1-4-25-19(23)14-24-12-10-21(9-5-6-11-22)16-7-8-18(20)17(13-16)15(2)3/h7-8,13,15,19,22-23H,4-6,9-12,14,20H2,1-3H3. The molecule has 6 heteroatoms. The van der Waals surface area contributed by atoms with Crippen LogP contribution in [0.4, 0.5) is 11.4 Å². The zero-order valence-corrected chi connectivity index (χ0v) is 15.8. The van der Waals surface area contributed by atoms with Crippen molar-refractivity contribution >= 4 is 11.4 Å². The minimum atomic E-state index is -0.878. The SMILES string of the molecule is CCOC(O)COCCN(CCCCO)c1ccc(N)c(C(C)C)c1. The van der Waals surface area contributed by atoms with Crippen LogP contribution in [-0.2, 0) is 9.47 Å². The molecule has 4 N–H and O–H groups in total. The number of nitrogens with two attached hydrogens (primary N) is 1. The smallest absolute Gasteiger partial charge is 0.178 e. The highest BCUT2D eigenvalue weighted by Gasteiger charge is 2.11. The summed E-state index contributed by atoms with van der Waals surface area (Å²) in [5.74, 6) is 0.358. The molecule has 0 amide bonds. The fourth-order valence-electron chi connectivity index (χ4n) is 2.64. The highest BCUT2D eigenvalue weighted by Crippen LogP contribution is 2.27. The van der Waals surface area contributed by atoms with Crippen molar-refractivity contribution in [1.82, 2.24) is 0 Å². The molecule has 144 valence electrons. The molecule has 1 atom stereocenters. The van der Waals surface area contributed by atoms with E-state index in [1.54, 1.807) is 0 Å². The van der Waals surface area contributed by atoms with E-state index in [9.17, 15) is 5.11 Å². The van der Waals surface area contributed by atoms with Gasteiger partial charge in [-0.1, -0.05) is 13.8 Å². The monoisotopic (exact) mass is 354 g/mol. The van der Waals surface area contributed by atoms with E-state index in [0.29, 0.717) is 25.7 Å². The normalized spacial score (nSPS) is 12.6. The Morgan fingerprint density at radius 2 is 1.96 bits per heavy atom. The van der Waals surface area contributed by atoms with Crippen LogP contribution in [0.5, 0.6) is 0 Å². The van der Waals surface area contributed by atoms with Gasteiger partial charge in [0.25, 0.3) is 0 Å². The summed E-state index contributed by atoms with van der Waals surface area (Å²) in [6.07, 6.45) is 0.795. The number of unbranched alkanes of at least 4 members (excludes halogenated alkanes) is 1. The molecular weight excluding hydrogens is 320 g/mol. The first-order valence-electron chi connectivity index (χ1n) is 9.12. The number of hydrogen-bond donors (Lipinski definition) is 3. The summed E-state index contributed by atoms with van der Waals surface area (Å²) in [7, 11) is 0.